The van der Waals surface area contributed by atoms with Crippen LogP contribution < -0.4 is 5.32 Å². The lowest BCUT2D eigenvalue weighted by atomic mass is 10.2. The molecule has 0 heterocycles. The fraction of sp³-hybridized carbons (Fsp3) is 0.222. The van der Waals surface area contributed by atoms with Crippen LogP contribution in [0.15, 0.2) is 18.2 Å². The summed E-state index contributed by atoms with van der Waals surface area (Å²) in [4.78, 5) is 10.8. The second-order valence-corrected chi connectivity index (χ2v) is 2.95. The van der Waals surface area contributed by atoms with Gasteiger partial charge >= 0.3 is 0 Å². The van der Waals surface area contributed by atoms with Crippen molar-refractivity contribution in [2.75, 3.05) is 5.88 Å². The van der Waals surface area contributed by atoms with Gasteiger partial charge in [-0.3, -0.25) is 4.79 Å². The van der Waals surface area contributed by atoms with Gasteiger partial charge in [-0.05, 0) is 18.2 Å². The maximum Gasteiger partial charge on any atom is 0.235 e. The van der Waals surface area contributed by atoms with E-state index in [9.17, 15) is 9.18 Å². The molecule has 0 aliphatic heterocycles. The number of phenols is 1. The van der Waals surface area contributed by atoms with Crippen molar-refractivity contribution in [3.05, 3.63) is 29.6 Å². The van der Waals surface area contributed by atoms with Crippen LogP contribution in [0, 0.1) is 5.82 Å². The highest BCUT2D eigenvalue weighted by Gasteiger charge is 2.04. The van der Waals surface area contributed by atoms with Crippen molar-refractivity contribution >= 4 is 17.5 Å². The average Bonchev–Trinajstić information content (AvgIpc) is 2.19. The molecule has 0 radical (unpaired) electrons. The van der Waals surface area contributed by atoms with Gasteiger partial charge in [-0.15, -0.1) is 11.6 Å². The summed E-state index contributed by atoms with van der Waals surface area (Å²) in [5, 5.41) is 11.4. The molecule has 2 N–H and O–H groups in total. The number of carbonyl (C=O) groups excluding carboxylic acids is 1. The molecule has 1 aromatic carbocycles. The predicted octanol–water partition coefficient (Wildman–Crippen LogP) is 1.39. The smallest absolute Gasteiger partial charge is 0.235 e. The Morgan fingerprint density at radius 3 is 2.93 bits per heavy atom. The summed E-state index contributed by atoms with van der Waals surface area (Å²) < 4.78 is 13.0. The van der Waals surface area contributed by atoms with Crippen molar-refractivity contribution in [3.8, 4) is 5.75 Å². The maximum absolute atomic E-state index is 13.0. The Hall–Kier alpha value is -1.29. The van der Waals surface area contributed by atoms with Gasteiger partial charge in [0.25, 0.3) is 0 Å². The molecular formula is C9H9ClFNO2. The molecule has 0 aromatic heterocycles. The second kappa shape index (κ2) is 4.81. The van der Waals surface area contributed by atoms with E-state index in [4.69, 9.17) is 16.7 Å². The average molecular weight is 218 g/mol. The molecule has 0 saturated heterocycles. The maximum atomic E-state index is 13.0. The molecule has 0 fully saturated rings. The minimum atomic E-state index is -0.474. The zero-order valence-corrected chi connectivity index (χ0v) is 8.01. The van der Waals surface area contributed by atoms with E-state index in [2.05, 4.69) is 5.32 Å². The van der Waals surface area contributed by atoms with Gasteiger partial charge in [0.1, 0.15) is 17.4 Å². The third-order valence-electron chi connectivity index (χ3n) is 1.63. The highest BCUT2D eigenvalue weighted by molar-refractivity contribution is 6.27. The van der Waals surface area contributed by atoms with Crippen LogP contribution in [0.25, 0.3) is 0 Å². The second-order valence-electron chi connectivity index (χ2n) is 2.69. The quantitative estimate of drug-likeness (QED) is 0.752. The largest absolute Gasteiger partial charge is 0.508 e. The van der Waals surface area contributed by atoms with Crippen molar-refractivity contribution in [3.63, 3.8) is 0 Å². The third-order valence-corrected chi connectivity index (χ3v) is 1.87. The summed E-state index contributed by atoms with van der Waals surface area (Å²) >= 11 is 5.23. The summed E-state index contributed by atoms with van der Waals surface area (Å²) in [6, 6.07) is 3.63. The monoisotopic (exact) mass is 217 g/mol. The van der Waals surface area contributed by atoms with Crippen molar-refractivity contribution in [2.45, 2.75) is 6.54 Å². The molecule has 0 saturated carbocycles. The fourth-order valence-corrected chi connectivity index (χ4v) is 1.03. The van der Waals surface area contributed by atoms with Crippen molar-refractivity contribution in [2.24, 2.45) is 0 Å². The highest BCUT2D eigenvalue weighted by Crippen LogP contribution is 2.14. The summed E-state index contributed by atoms with van der Waals surface area (Å²) in [5.41, 5.74) is 0.225. The number of halogens is 2. The van der Waals surface area contributed by atoms with Crippen LogP contribution in [0.3, 0.4) is 0 Å². The number of carbonyl (C=O) groups is 1. The normalized spacial score (nSPS) is 9.86. The van der Waals surface area contributed by atoms with Crippen molar-refractivity contribution in [1.82, 2.24) is 5.32 Å². The Bertz CT molecular complexity index is 344. The molecule has 0 unspecified atom stereocenters. The van der Waals surface area contributed by atoms with Crippen LogP contribution in [-0.4, -0.2) is 16.9 Å². The predicted molar refractivity (Wildman–Crippen MR) is 50.6 cm³/mol. The van der Waals surface area contributed by atoms with E-state index in [1.165, 1.54) is 12.1 Å². The third kappa shape index (κ3) is 2.88. The molecule has 1 amide bonds. The molecule has 3 nitrogen and oxygen atoms in total. The van der Waals surface area contributed by atoms with Gasteiger partial charge in [0, 0.05) is 12.1 Å². The lowest BCUT2D eigenvalue weighted by molar-refractivity contribution is -0.118. The van der Waals surface area contributed by atoms with Crippen molar-refractivity contribution < 1.29 is 14.3 Å². The molecule has 0 bridgehead atoms. The summed E-state index contributed by atoms with van der Waals surface area (Å²) in [5.74, 6) is -1.06. The van der Waals surface area contributed by atoms with Crippen LogP contribution in [0.5, 0.6) is 5.75 Å². The van der Waals surface area contributed by atoms with E-state index in [1.54, 1.807) is 0 Å². The van der Waals surface area contributed by atoms with Crippen LogP contribution >= 0.6 is 11.6 Å². The molecule has 0 atom stereocenters. The van der Waals surface area contributed by atoms with Crippen LogP contribution in [0.2, 0.25) is 0 Å². The van der Waals surface area contributed by atoms with Crippen LogP contribution in [-0.2, 0) is 11.3 Å². The number of hydrogen-bond acceptors (Lipinski definition) is 2. The van der Waals surface area contributed by atoms with E-state index in [-0.39, 0.29) is 29.6 Å². The molecule has 0 aliphatic carbocycles. The number of amides is 1. The first kappa shape index (κ1) is 10.8. The number of phenolic OH excluding ortho intramolecular Hbond substituents is 1. The van der Waals surface area contributed by atoms with E-state index in [1.807, 2.05) is 0 Å². The van der Waals surface area contributed by atoms with Gasteiger partial charge in [-0.1, -0.05) is 0 Å². The van der Waals surface area contributed by atoms with Gasteiger partial charge in [-0.2, -0.15) is 0 Å². The van der Waals surface area contributed by atoms with Gasteiger partial charge in [0.2, 0.25) is 5.91 Å². The zero-order chi connectivity index (χ0) is 10.6. The van der Waals surface area contributed by atoms with E-state index in [0.717, 1.165) is 6.07 Å². The molecule has 0 spiro atoms. The first-order valence-corrected chi connectivity index (χ1v) is 4.47. The summed E-state index contributed by atoms with van der Waals surface area (Å²) in [7, 11) is 0. The molecule has 1 rings (SSSR count). The number of alkyl halides is 1. The van der Waals surface area contributed by atoms with Crippen LogP contribution in [0.4, 0.5) is 4.39 Å². The first-order valence-electron chi connectivity index (χ1n) is 3.93. The molecular weight excluding hydrogens is 209 g/mol. The lowest BCUT2D eigenvalue weighted by Gasteiger charge is -2.04. The standard InChI is InChI=1S/C9H9ClFNO2/c10-4-9(14)12-5-6-3-7(13)1-2-8(6)11/h1-3,13H,4-5H2,(H,12,14). The first-order chi connectivity index (χ1) is 6.63. The number of aromatic hydroxyl groups is 1. The summed E-state index contributed by atoms with van der Waals surface area (Å²) in [6.07, 6.45) is 0. The highest BCUT2D eigenvalue weighted by atomic mass is 35.5. The Balaban J connectivity index is 2.66. The van der Waals surface area contributed by atoms with Crippen molar-refractivity contribution in [1.29, 1.82) is 0 Å². The zero-order valence-electron chi connectivity index (χ0n) is 7.26. The van der Waals surface area contributed by atoms with Crippen LogP contribution in [0.1, 0.15) is 5.56 Å². The van der Waals surface area contributed by atoms with E-state index in [0.29, 0.717) is 0 Å². The molecule has 14 heavy (non-hydrogen) atoms. The SMILES string of the molecule is O=C(CCl)NCc1cc(O)ccc1F. The molecule has 76 valence electrons. The number of hydrogen-bond donors (Lipinski definition) is 2. The number of benzene rings is 1. The Labute approximate surface area is 85.5 Å². The lowest BCUT2D eigenvalue weighted by Crippen LogP contribution is -2.24. The number of nitrogens with one attached hydrogen (secondary N) is 1. The van der Waals surface area contributed by atoms with Gasteiger partial charge < -0.3 is 10.4 Å². The molecule has 0 aliphatic rings. The Kier molecular flexibility index (Phi) is 3.71. The summed E-state index contributed by atoms with van der Waals surface area (Å²) in [6.45, 7) is 0.0196. The van der Waals surface area contributed by atoms with E-state index >= 15 is 0 Å². The number of rotatable bonds is 3. The van der Waals surface area contributed by atoms with E-state index < -0.39 is 5.82 Å². The molecule has 1 aromatic rings. The Morgan fingerprint density at radius 2 is 2.29 bits per heavy atom. The Morgan fingerprint density at radius 1 is 1.57 bits per heavy atom. The molecule has 5 heteroatoms. The minimum Gasteiger partial charge on any atom is -0.508 e. The van der Waals surface area contributed by atoms with Gasteiger partial charge in [0.15, 0.2) is 0 Å². The fourth-order valence-electron chi connectivity index (χ4n) is 0.938. The topological polar surface area (TPSA) is 49.3 Å². The van der Waals surface area contributed by atoms with Gasteiger partial charge in [0.05, 0.1) is 0 Å². The minimum absolute atomic E-state index is 0.0196. The van der Waals surface area contributed by atoms with Gasteiger partial charge in [-0.25, -0.2) is 4.39 Å².